The van der Waals surface area contributed by atoms with Crippen molar-refractivity contribution in [1.82, 2.24) is 53.6 Å². The second kappa shape index (κ2) is 21.0. The molecule has 9 rings (SSSR count). The van der Waals surface area contributed by atoms with Crippen molar-refractivity contribution in [3.8, 4) is 0 Å². The Morgan fingerprint density at radius 2 is 1.19 bits per heavy atom. The Morgan fingerprint density at radius 1 is 0.649 bits per heavy atom. The second-order valence-corrected chi connectivity index (χ2v) is 22.9. The maximum atomic E-state index is 13.7. The molecule has 16 atom stereocenters. The van der Waals surface area contributed by atoms with Crippen LogP contribution in [-0.4, -0.2) is 177 Å². The number of nitrogen functional groups attached to an aromatic ring is 4. The Bertz CT molecular complexity index is 3540. The maximum absolute atomic E-state index is 13.7. The van der Waals surface area contributed by atoms with Crippen LogP contribution in [0.25, 0.3) is 33.5 Å². The average molecular weight is 1180 g/mol. The third-order valence-electron chi connectivity index (χ3n) is 11.9. The molecule has 0 amide bonds. The Hall–Kier alpha value is -5.35. The molecule has 6 aromatic heterocycles. The van der Waals surface area contributed by atoms with Crippen molar-refractivity contribution >= 4 is 88.4 Å². The van der Waals surface area contributed by atoms with Crippen LogP contribution in [0.4, 0.5) is 23.7 Å². The van der Waals surface area contributed by atoms with E-state index < -0.39 is 136 Å². The lowest BCUT2D eigenvalue weighted by molar-refractivity contribution is -0.745. The molecule has 3 fully saturated rings. The Morgan fingerprint density at radius 3 is 1.84 bits per heavy atom. The number of methoxy groups -OCH3 is 2. The molecule has 422 valence electrons. The average Bonchev–Trinajstić information content (AvgIpc) is 4.18. The SMILES string of the molecule is COC1[C@@H](OP(=O)(O)OC[C@H]2O[C@@H](n3cnc4c(=O)[nH]c(N)nc43)C(O)[C@H]2O)[C@@H](COP(=O)(O)OP(=O)(O)OP(=O)(O)OC[C@H]2O[C@@H]([n+]3cn(C)c4c(=O)[nH]c(N)nc43)[C@@H](O)C2OC)O[C@H]1n1cnc2c(N)nc(N)nc21. The van der Waals surface area contributed by atoms with Crippen molar-refractivity contribution < 1.29 is 108 Å². The van der Waals surface area contributed by atoms with Gasteiger partial charge >= 0.3 is 36.9 Å². The van der Waals surface area contributed by atoms with E-state index in [2.05, 4.69) is 48.5 Å². The number of nitrogens with one attached hydrogen (secondary N) is 2. The highest BCUT2D eigenvalue weighted by molar-refractivity contribution is 7.66. The van der Waals surface area contributed by atoms with Crippen molar-refractivity contribution in [2.75, 3.05) is 57.0 Å². The Balaban J connectivity index is 0.874. The fourth-order valence-corrected chi connectivity index (χ4v) is 13.1. The summed E-state index contributed by atoms with van der Waals surface area (Å²) >= 11 is 0. The number of phosphoric acid groups is 4. The van der Waals surface area contributed by atoms with E-state index in [1.807, 2.05) is 0 Å². The van der Waals surface area contributed by atoms with Crippen LogP contribution in [0.2, 0.25) is 0 Å². The number of aromatic amines is 2. The van der Waals surface area contributed by atoms with E-state index in [4.69, 9.17) is 64.7 Å². The standard InChI is InChI=1S/C33H46N16O24P4/c1-46-9-49(25-15(46)27(54)45-33(37)43-25)29-18(52)19(63-2)11(69-29)5-66-75(57,58)72-77(61,62)73-76(59,60)67-6-12-20(21(64-3)30(70-12)48-7-38-13-22(34)40-31(35)41-23(13)48)71-74(55,56)65-4-10-16(50)17(51)28(68-10)47-8-39-14-24(47)42-32(36)44-26(14)53/h7-12,16-21,28-30,50-52H,4-6H2,1-3H3,(H13-,34,35,36,37,40,41,42,43,44,45,53,54,55,56,57,58,59,60,61,62)/p+1/t10-,11-,12-,16+,17?,18+,19?,20+,21?,28-,29-,30-/m1/s1. The molecule has 3 saturated heterocycles. The lowest BCUT2D eigenvalue weighted by atomic mass is 10.1. The number of anilines is 4. The monoisotopic (exact) mass is 1180 g/mol. The second-order valence-electron chi connectivity index (χ2n) is 16.9. The summed E-state index contributed by atoms with van der Waals surface area (Å²) in [6, 6.07) is 0. The molecule has 77 heavy (non-hydrogen) atoms. The predicted molar refractivity (Wildman–Crippen MR) is 248 cm³/mol. The molecule has 3 aliphatic heterocycles. The molecule has 0 radical (unpaired) electrons. The summed E-state index contributed by atoms with van der Waals surface area (Å²) in [7, 11) is -19.8. The minimum absolute atomic E-state index is 0.0179. The minimum atomic E-state index is -6.20. The maximum Gasteiger partial charge on any atom is 0.490 e. The fraction of sp³-hybridized carbons (Fsp3) is 0.545. The van der Waals surface area contributed by atoms with E-state index in [-0.39, 0.29) is 57.2 Å². The topological polar surface area (TPSA) is 577 Å². The quantitative estimate of drug-likeness (QED) is 0.0253. The summed E-state index contributed by atoms with van der Waals surface area (Å²) in [5.74, 6) is -1.13. The lowest BCUT2D eigenvalue weighted by Crippen LogP contribution is -2.46. The van der Waals surface area contributed by atoms with Gasteiger partial charge in [-0.05, 0) is 0 Å². The first-order valence-electron chi connectivity index (χ1n) is 21.8. The number of aromatic nitrogens is 12. The van der Waals surface area contributed by atoms with Crippen LogP contribution in [-0.2, 0) is 75.7 Å². The van der Waals surface area contributed by atoms with E-state index >= 15 is 0 Å². The van der Waals surface area contributed by atoms with Crippen LogP contribution in [0, 0.1) is 0 Å². The van der Waals surface area contributed by atoms with Gasteiger partial charge in [0.2, 0.25) is 23.6 Å². The van der Waals surface area contributed by atoms with Crippen LogP contribution >= 0.6 is 31.3 Å². The summed E-state index contributed by atoms with van der Waals surface area (Å²) in [5, 5.41) is 32.9. The molecule has 0 saturated carbocycles. The fourth-order valence-electron chi connectivity index (χ4n) is 8.65. The van der Waals surface area contributed by atoms with Crippen molar-refractivity contribution in [3.05, 3.63) is 39.7 Å². The Kier molecular flexibility index (Phi) is 15.4. The van der Waals surface area contributed by atoms with Crippen LogP contribution in [0.3, 0.4) is 0 Å². The first-order valence-corrected chi connectivity index (χ1v) is 27.7. The van der Waals surface area contributed by atoms with Crippen molar-refractivity contribution in [2.45, 2.75) is 73.6 Å². The van der Waals surface area contributed by atoms with Gasteiger partial charge in [-0.2, -0.15) is 23.6 Å². The highest BCUT2D eigenvalue weighted by Crippen LogP contribution is 2.68. The number of aliphatic hydroxyl groups excluding tert-OH is 3. The largest absolute Gasteiger partial charge is 0.490 e. The summed E-state index contributed by atoms with van der Waals surface area (Å²) in [6.45, 7) is -3.29. The number of rotatable bonds is 20. The zero-order chi connectivity index (χ0) is 55.8. The normalized spacial score (nSPS) is 30.0. The molecule has 0 bridgehead atoms. The number of H-pyrrole nitrogens is 2. The number of nitrogens with zero attached hydrogens (tertiary/aromatic N) is 10. The van der Waals surface area contributed by atoms with E-state index in [9.17, 15) is 62.7 Å². The number of imidazole rings is 3. The third-order valence-corrected chi connectivity index (χ3v) is 17.1. The van der Waals surface area contributed by atoms with Gasteiger partial charge in [0.1, 0.15) is 60.5 Å². The summed E-state index contributed by atoms with van der Waals surface area (Å²) < 4.78 is 115. The van der Waals surface area contributed by atoms with Gasteiger partial charge in [0.15, 0.2) is 41.4 Å². The van der Waals surface area contributed by atoms with Gasteiger partial charge in [0.05, 0.1) is 39.5 Å². The molecule has 6 aromatic rings. The van der Waals surface area contributed by atoms with Crippen molar-refractivity contribution in [3.63, 3.8) is 0 Å². The molecule has 17 N–H and O–H groups in total. The number of hydrogen-bond donors (Lipinski definition) is 13. The molecule has 3 aliphatic rings. The number of phosphoric ester groups is 3. The number of nitrogens with two attached hydrogens (primary N) is 4. The van der Waals surface area contributed by atoms with Crippen molar-refractivity contribution in [1.29, 1.82) is 0 Å². The smallest absolute Gasteiger partial charge is 0.387 e. The summed E-state index contributed by atoms with van der Waals surface area (Å²) in [5.41, 5.74) is 21.3. The van der Waals surface area contributed by atoms with Crippen molar-refractivity contribution in [2.24, 2.45) is 7.05 Å². The van der Waals surface area contributed by atoms with Gasteiger partial charge in [-0.25, -0.2) is 32.8 Å². The molecule has 9 heterocycles. The first-order chi connectivity index (χ1) is 36.1. The van der Waals surface area contributed by atoms with Gasteiger partial charge < -0.3 is 81.5 Å². The molecule has 40 nitrogen and oxygen atoms in total. The van der Waals surface area contributed by atoms with E-state index in [1.54, 1.807) is 0 Å². The molecular weight excluding hydrogens is 1130 g/mol. The number of aliphatic hydroxyl groups is 3. The molecular formula is C33H47N16O24P4+. The minimum Gasteiger partial charge on any atom is -0.387 e. The van der Waals surface area contributed by atoms with Crippen LogP contribution in [0.15, 0.2) is 28.6 Å². The highest BCUT2D eigenvalue weighted by atomic mass is 31.3. The van der Waals surface area contributed by atoms with Gasteiger partial charge in [0.25, 0.3) is 17.1 Å². The summed E-state index contributed by atoms with van der Waals surface area (Å²) in [4.78, 5) is 96.1. The van der Waals surface area contributed by atoms with Gasteiger partial charge in [-0.1, -0.05) is 4.98 Å². The van der Waals surface area contributed by atoms with Gasteiger partial charge in [0, 0.05) is 14.2 Å². The predicted octanol–water partition coefficient (Wildman–Crippen LogP) is -4.47. The van der Waals surface area contributed by atoms with Gasteiger partial charge in [-0.15, -0.1) is 0 Å². The molecule has 7 unspecified atom stereocenters. The lowest BCUT2D eigenvalue weighted by Gasteiger charge is -2.26. The number of fused-ring (bicyclic) bond motifs is 3. The third kappa shape index (κ3) is 11.3. The molecule has 44 heteroatoms. The van der Waals surface area contributed by atoms with Crippen LogP contribution < -0.4 is 38.6 Å². The number of hydrogen-bond acceptors (Lipinski definition) is 30. The van der Waals surface area contributed by atoms with E-state index in [1.165, 1.54) is 22.5 Å². The summed E-state index contributed by atoms with van der Waals surface area (Å²) in [6.07, 6.45) is -15.9. The zero-order valence-electron chi connectivity index (χ0n) is 39.4. The zero-order valence-corrected chi connectivity index (χ0v) is 43.0. The van der Waals surface area contributed by atoms with E-state index in [0.29, 0.717) is 0 Å². The Labute approximate surface area is 426 Å². The first kappa shape index (κ1) is 56.4. The molecule has 0 aliphatic carbocycles. The number of aryl methyl sites for hydroxylation is 1. The van der Waals surface area contributed by atoms with Crippen LogP contribution in [0.5, 0.6) is 0 Å². The molecule has 0 spiro atoms. The highest BCUT2D eigenvalue weighted by Gasteiger charge is 2.54. The van der Waals surface area contributed by atoms with Gasteiger partial charge in [-0.3, -0.25) is 51.4 Å². The number of ether oxygens (including phenoxy) is 5. The molecule has 0 aromatic carbocycles. The van der Waals surface area contributed by atoms with Crippen LogP contribution in [0.1, 0.15) is 18.7 Å². The van der Waals surface area contributed by atoms with E-state index in [0.717, 1.165) is 36.0 Å².